The number of carbonyl (C=O) groups excluding carboxylic acids is 2. The predicted octanol–water partition coefficient (Wildman–Crippen LogP) is 0.235. The zero-order valence-corrected chi connectivity index (χ0v) is 7.80. The van der Waals surface area contributed by atoms with Crippen LogP contribution in [-0.4, -0.2) is 28.8 Å². The Kier molecular flexibility index (Phi) is 1.87. The van der Waals surface area contributed by atoms with Gasteiger partial charge in [-0.25, -0.2) is 5.43 Å². The van der Waals surface area contributed by atoms with Gasteiger partial charge in [-0.05, 0) is 26.2 Å². The highest BCUT2D eigenvalue weighted by Crippen LogP contribution is 2.38. The van der Waals surface area contributed by atoms with E-state index in [4.69, 9.17) is 0 Å². The minimum Gasteiger partial charge on any atom is -0.298 e. The van der Waals surface area contributed by atoms with Crippen molar-refractivity contribution in [3.05, 3.63) is 0 Å². The first-order valence-electron chi connectivity index (χ1n) is 4.69. The van der Waals surface area contributed by atoms with Gasteiger partial charge in [-0.2, -0.15) is 0 Å². The van der Waals surface area contributed by atoms with Gasteiger partial charge in [0.05, 0.1) is 6.54 Å². The Hall–Kier alpha value is -0.900. The molecule has 0 aromatic carbocycles. The van der Waals surface area contributed by atoms with Gasteiger partial charge in [-0.15, -0.1) is 0 Å². The molecule has 2 rings (SSSR count). The summed E-state index contributed by atoms with van der Waals surface area (Å²) in [5.41, 5.74) is 3.17. The number of carbonyl (C=O) groups is 2. The molecule has 1 amide bonds. The quantitative estimate of drug-likeness (QED) is 0.665. The van der Waals surface area contributed by atoms with E-state index in [1.807, 2.05) is 0 Å². The molecule has 0 bridgehead atoms. The van der Waals surface area contributed by atoms with Crippen molar-refractivity contribution in [1.82, 2.24) is 10.4 Å². The van der Waals surface area contributed by atoms with Crippen LogP contribution in [0.5, 0.6) is 0 Å². The second-order valence-corrected chi connectivity index (χ2v) is 4.10. The third-order valence-corrected chi connectivity index (χ3v) is 2.85. The first kappa shape index (κ1) is 8.69. The van der Waals surface area contributed by atoms with Gasteiger partial charge in [0.25, 0.3) is 0 Å². The Morgan fingerprint density at radius 2 is 2.31 bits per heavy atom. The van der Waals surface area contributed by atoms with Crippen molar-refractivity contribution >= 4 is 11.7 Å². The molecule has 1 heterocycles. The lowest BCUT2D eigenvalue weighted by Crippen LogP contribution is -2.51. The second-order valence-electron chi connectivity index (χ2n) is 4.10. The van der Waals surface area contributed by atoms with Crippen LogP contribution in [0.3, 0.4) is 0 Å². The van der Waals surface area contributed by atoms with Crippen LogP contribution in [-0.2, 0) is 9.59 Å². The van der Waals surface area contributed by atoms with Gasteiger partial charge in [-0.1, -0.05) is 0 Å². The van der Waals surface area contributed by atoms with Crippen LogP contribution in [0, 0.1) is 0 Å². The fourth-order valence-corrected chi connectivity index (χ4v) is 2.02. The fraction of sp³-hybridized carbons (Fsp3) is 0.778. The summed E-state index contributed by atoms with van der Waals surface area (Å²) < 4.78 is 0. The van der Waals surface area contributed by atoms with Crippen molar-refractivity contribution in [3.8, 4) is 0 Å². The molecule has 2 aliphatic rings. The normalized spacial score (nSPS) is 25.0. The number of hydrazine groups is 1. The molecule has 72 valence electrons. The predicted molar refractivity (Wildman–Crippen MR) is 46.7 cm³/mol. The number of ketones is 1. The van der Waals surface area contributed by atoms with E-state index in [2.05, 4.69) is 5.43 Å². The summed E-state index contributed by atoms with van der Waals surface area (Å²) in [5, 5.41) is 1.47. The first-order valence-corrected chi connectivity index (χ1v) is 4.69. The summed E-state index contributed by atoms with van der Waals surface area (Å²) in [6, 6.07) is 0. The van der Waals surface area contributed by atoms with Gasteiger partial charge >= 0.3 is 0 Å². The van der Waals surface area contributed by atoms with E-state index in [9.17, 15) is 9.59 Å². The van der Waals surface area contributed by atoms with Crippen molar-refractivity contribution in [1.29, 1.82) is 0 Å². The minimum atomic E-state index is 0.0204. The highest BCUT2D eigenvalue weighted by Gasteiger charge is 2.46. The van der Waals surface area contributed by atoms with Crippen LogP contribution < -0.4 is 5.43 Å². The summed E-state index contributed by atoms with van der Waals surface area (Å²) in [4.78, 5) is 22.3. The maximum absolute atomic E-state index is 11.4. The molecule has 1 aliphatic carbocycles. The molecular weight excluding hydrogens is 168 g/mol. The molecule has 0 unspecified atom stereocenters. The molecule has 0 aromatic rings. The van der Waals surface area contributed by atoms with Crippen LogP contribution in [0.25, 0.3) is 0 Å². The van der Waals surface area contributed by atoms with Crippen LogP contribution in [0.4, 0.5) is 0 Å². The first-order chi connectivity index (χ1) is 6.11. The molecule has 13 heavy (non-hydrogen) atoms. The smallest absolute Gasteiger partial charge is 0.239 e. The lowest BCUT2D eigenvalue weighted by atomic mass is 9.76. The van der Waals surface area contributed by atoms with Gasteiger partial charge in [0.15, 0.2) is 5.78 Å². The molecule has 1 aliphatic heterocycles. The summed E-state index contributed by atoms with van der Waals surface area (Å²) in [6.45, 7) is 1.71. The van der Waals surface area contributed by atoms with Gasteiger partial charge in [0.2, 0.25) is 5.91 Å². The minimum absolute atomic E-state index is 0.0204. The van der Waals surface area contributed by atoms with Crippen LogP contribution in [0.1, 0.15) is 32.6 Å². The van der Waals surface area contributed by atoms with Crippen molar-refractivity contribution in [2.75, 3.05) is 6.54 Å². The maximum Gasteiger partial charge on any atom is 0.239 e. The highest BCUT2D eigenvalue weighted by molar-refractivity contribution is 5.86. The van der Waals surface area contributed by atoms with E-state index in [1.54, 1.807) is 0 Å². The van der Waals surface area contributed by atoms with Gasteiger partial charge < -0.3 is 0 Å². The summed E-state index contributed by atoms with van der Waals surface area (Å²) in [6.07, 6.45) is 3.88. The lowest BCUT2D eigenvalue weighted by Gasteiger charge is -2.37. The molecule has 1 saturated carbocycles. The molecule has 0 aromatic heterocycles. The van der Waals surface area contributed by atoms with Crippen LogP contribution >= 0.6 is 0 Å². The topological polar surface area (TPSA) is 49.4 Å². The summed E-state index contributed by atoms with van der Waals surface area (Å²) >= 11 is 0. The lowest BCUT2D eigenvalue weighted by molar-refractivity contribution is -0.133. The van der Waals surface area contributed by atoms with Crippen molar-refractivity contribution < 1.29 is 9.59 Å². The Balaban J connectivity index is 1.99. The molecule has 1 saturated heterocycles. The number of rotatable bonds is 2. The largest absolute Gasteiger partial charge is 0.298 e. The standard InChI is InChI=1S/C9H14N2O2/c1-7(12)6-11-8(13)5-9(10-11)3-2-4-9/h10H,2-6H2,1H3. The number of Topliss-reactive ketones (excluding diaryl/α,β-unsaturated/α-hetero) is 1. The molecule has 0 atom stereocenters. The number of hydrogen-bond donors (Lipinski definition) is 1. The third-order valence-electron chi connectivity index (χ3n) is 2.85. The number of amides is 1. The van der Waals surface area contributed by atoms with E-state index >= 15 is 0 Å². The molecule has 4 nitrogen and oxygen atoms in total. The molecule has 1 spiro atoms. The van der Waals surface area contributed by atoms with E-state index in [-0.39, 0.29) is 23.8 Å². The molecule has 1 N–H and O–H groups in total. The average molecular weight is 182 g/mol. The molecule has 0 radical (unpaired) electrons. The number of hydrogen-bond acceptors (Lipinski definition) is 3. The Bertz CT molecular complexity index is 258. The Morgan fingerprint density at radius 1 is 1.62 bits per heavy atom. The average Bonchev–Trinajstić information content (AvgIpc) is 2.27. The van der Waals surface area contributed by atoms with Crippen molar-refractivity contribution in [2.45, 2.75) is 38.1 Å². The SMILES string of the molecule is CC(=O)CN1NC2(CCC2)CC1=O. The fourth-order valence-electron chi connectivity index (χ4n) is 2.02. The maximum atomic E-state index is 11.4. The monoisotopic (exact) mass is 182 g/mol. The molecule has 4 heteroatoms. The number of nitrogens with zero attached hydrogens (tertiary/aromatic N) is 1. The Morgan fingerprint density at radius 3 is 2.69 bits per heavy atom. The van der Waals surface area contributed by atoms with E-state index in [1.165, 1.54) is 18.4 Å². The molecule has 2 fully saturated rings. The van der Waals surface area contributed by atoms with Crippen LogP contribution in [0.15, 0.2) is 0 Å². The Labute approximate surface area is 77.3 Å². The van der Waals surface area contributed by atoms with Crippen molar-refractivity contribution in [2.24, 2.45) is 0 Å². The highest BCUT2D eigenvalue weighted by atomic mass is 16.2. The summed E-state index contributed by atoms with van der Waals surface area (Å²) in [5.74, 6) is 0.0899. The molecular formula is C9H14N2O2. The second kappa shape index (κ2) is 2.80. The number of nitrogens with one attached hydrogen (secondary N) is 1. The van der Waals surface area contributed by atoms with Gasteiger partial charge in [0.1, 0.15) is 0 Å². The van der Waals surface area contributed by atoms with Crippen LogP contribution in [0.2, 0.25) is 0 Å². The van der Waals surface area contributed by atoms with Gasteiger partial charge in [-0.3, -0.25) is 14.6 Å². The van der Waals surface area contributed by atoms with E-state index < -0.39 is 0 Å². The summed E-state index contributed by atoms with van der Waals surface area (Å²) in [7, 11) is 0. The van der Waals surface area contributed by atoms with Crippen molar-refractivity contribution in [3.63, 3.8) is 0 Å². The van der Waals surface area contributed by atoms with E-state index in [0.717, 1.165) is 12.8 Å². The zero-order chi connectivity index (χ0) is 9.47. The van der Waals surface area contributed by atoms with E-state index in [0.29, 0.717) is 6.42 Å². The zero-order valence-electron chi connectivity index (χ0n) is 7.80. The third kappa shape index (κ3) is 1.46. The van der Waals surface area contributed by atoms with Gasteiger partial charge in [0, 0.05) is 12.0 Å².